The predicted molar refractivity (Wildman–Crippen MR) is 110 cm³/mol. The molecule has 4 rings (SSSR count). The van der Waals surface area contributed by atoms with Crippen molar-refractivity contribution < 1.29 is 29.9 Å². The molecule has 6 unspecified atom stereocenters. The number of fused-ring (bicyclic) bond motifs is 1. The van der Waals surface area contributed by atoms with Crippen LogP contribution in [0.25, 0.3) is 0 Å². The summed E-state index contributed by atoms with van der Waals surface area (Å²) in [6, 6.07) is 14.1. The first-order chi connectivity index (χ1) is 14.0. The van der Waals surface area contributed by atoms with Crippen molar-refractivity contribution in [3.63, 3.8) is 0 Å². The second-order valence-electron chi connectivity index (χ2n) is 7.45. The lowest BCUT2D eigenvalue weighted by molar-refractivity contribution is -0.231. The Morgan fingerprint density at radius 1 is 0.966 bits per heavy atom. The fraction of sp³-hybridized carbons (Fsp3) is 0.455. The summed E-state index contributed by atoms with van der Waals surface area (Å²) in [4.78, 5) is 0. The Balaban J connectivity index is 1.67. The van der Waals surface area contributed by atoms with Crippen LogP contribution in [0.15, 0.2) is 42.5 Å². The van der Waals surface area contributed by atoms with Gasteiger partial charge in [0.15, 0.2) is 0 Å². The first-order valence-corrected chi connectivity index (χ1v) is 10.9. The van der Waals surface area contributed by atoms with Crippen molar-refractivity contribution in [2.45, 2.75) is 49.1 Å². The van der Waals surface area contributed by atoms with E-state index in [0.29, 0.717) is 11.5 Å². The molecule has 0 aliphatic carbocycles. The van der Waals surface area contributed by atoms with Gasteiger partial charge in [-0.15, -0.1) is 11.8 Å². The van der Waals surface area contributed by atoms with Gasteiger partial charge in [-0.05, 0) is 35.2 Å². The zero-order valence-electron chi connectivity index (χ0n) is 16.1. The molecule has 0 saturated carbocycles. The average Bonchev–Trinajstić information content (AvgIpc) is 2.77. The van der Waals surface area contributed by atoms with Gasteiger partial charge in [0.05, 0.1) is 11.9 Å². The van der Waals surface area contributed by atoms with Crippen LogP contribution in [0.1, 0.15) is 40.5 Å². The molecule has 6 nitrogen and oxygen atoms in total. The number of thioether (sulfide) groups is 1. The molecule has 2 aromatic rings. The van der Waals surface area contributed by atoms with E-state index in [0.717, 1.165) is 17.7 Å². The van der Waals surface area contributed by atoms with Crippen LogP contribution < -0.4 is 4.74 Å². The summed E-state index contributed by atoms with van der Waals surface area (Å²) >= 11 is 1.68. The van der Waals surface area contributed by atoms with Gasteiger partial charge in [-0.2, -0.15) is 0 Å². The molecule has 1 saturated heterocycles. The summed E-state index contributed by atoms with van der Waals surface area (Å²) in [6.45, 7) is 1.68. The van der Waals surface area contributed by atoms with E-state index in [4.69, 9.17) is 9.47 Å². The van der Waals surface area contributed by atoms with Crippen LogP contribution in [-0.2, 0) is 11.2 Å². The highest BCUT2D eigenvalue weighted by Crippen LogP contribution is 2.46. The Bertz CT molecular complexity index is 840. The van der Waals surface area contributed by atoms with Crippen molar-refractivity contribution in [1.82, 2.24) is 0 Å². The Morgan fingerprint density at radius 3 is 2.38 bits per heavy atom. The number of aliphatic hydroxyl groups is 4. The molecule has 2 aliphatic heterocycles. The van der Waals surface area contributed by atoms with E-state index in [-0.39, 0.29) is 5.25 Å². The molecule has 0 aromatic heterocycles. The molecule has 156 valence electrons. The minimum Gasteiger partial charge on any atom is -0.483 e. The zero-order chi connectivity index (χ0) is 20.5. The first kappa shape index (κ1) is 20.7. The second-order valence-corrected chi connectivity index (χ2v) is 8.49. The van der Waals surface area contributed by atoms with Crippen molar-refractivity contribution in [3.8, 4) is 5.75 Å². The van der Waals surface area contributed by atoms with Gasteiger partial charge in [-0.25, -0.2) is 0 Å². The Hall–Kier alpha value is -1.61. The summed E-state index contributed by atoms with van der Waals surface area (Å²) in [7, 11) is 0. The fourth-order valence-electron chi connectivity index (χ4n) is 3.92. The third-order valence-electron chi connectivity index (χ3n) is 5.68. The largest absolute Gasteiger partial charge is 0.483 e. The van der Waals surface area contributed by atoms with E-state index in [1.54, 1.807) is 17.8 Å². The van der Waals surface area contributed by atoms with Gasteiger partial charge >= 0.3 is 0 Å². The van der Waals surface area contributed by atoms with Gasteiger partial charge in [0.1, 0.15) is 42.2 Å². The molecule has 2 aliphatic rings. The minimum absolute atomic E-state index is 0.0782. The lowest BCUT2D eigenvalue weighted by Crippen LogP contribution is -2.55. The van der Waals surface area contributed by atoms with Gasteiger partial charge < -0.3 is 29.9 Å². The molecule has 0 bridgehead atoms. The Morgan fingerprint density at radius 2 is 1.69 bits per heavy atom. The van der Waals surface area contributed by atoms with Crippen molar-refractivity contribution in [2.75, 3.05) is 12.5 Å². The smallest absolute Gasteiger partial charge is 0.135 e. The fourth-order valence-corrected chi connectivity index (χ4v) is 4.96. The Labute approximate surface area is 174 Å². The zero-order valence-corrected chi connectivity index (χ0v) is 17.0. The summed E-state index contributed by atoms with van der Waals surface area (Å²) in [6.07, 6.45) is -4.87. The van der Waals surface area contributed by atoms with E-state index in [2.05, 4.69) is 31.2 Å². The molecular formula is C22H26O6S. The van der Waals surface area contributed by atoms with E-state index < -0.39 is 37.1 Å². The van der Waals surface area contributed by atoms with Crippen molar-refractivity contribution in [2.24, 2.45) is 0 Å². The van der Waals surface area contributed by atoms with Crippen molar-refractivity contribution in [1.29, 1.82) is 0 Å². The van der Waals surface area contributed by atoms with E-state index in [1.807, 2.05) is 12.1 Å². The minimum atomic E-state index is -1.40. The van der Waals surface area contributed by atoms with Gasteiger partial charge in [-0.1, -0.05) is 37.3 Å². The van der Waals surface area contributed by atoms with Gasteiger partial charge in [0.2, 0.25) is 0 Å². The SMILES string of the molecule is CCc1ccc(C2SCOc3ccc(C4OC(CO)C(O)C(O)C4O)cc32)cc1. The lowest BCUT2D eigenvalue weighted by atomic mass is 9.89. The van der Waals surface area contributed by atoms with Gasteiger partial charge in [0.25, 0.3) is 0 Å². The summed E-state index contributed by atoms with van der Waals surface area (Å²) in [5.74, 6) is 1.33. The number of aliphatic hydroxyl groups excluding tert-OH is 4. The molecule has 0 radical (unpaired) electrons. The number of hydrogen-bond acceptors (Lipinski definition) is 7. The monoisotopic (exact) mass is 418 g/mol. The van der Waals surface area contributed by atoms with E-state index in [9.17, 15) is 20.4 Å². The third kappa shape index (κ3) is 3.91. The average molecular weight is 419 g/mol. The molecular weight excluding hydrogens is 392 g/mol. The molecule has 0 amide bonds. The highest BCUT2D eigenvalue weighted by atomic mass is 32.2. The molecule has 4 N–H and O–H groups in total. The highest BCUT2D eigenvalue weighted by molar-refractivity contribution is 7.99. The van der Waals surface area contributed by atoms with Crippen LogP contribution in [0.5, 0.6) is 5.75 Å². The number of ether oxygens (including phenoxy) is 2. The lowest BCUT2D eigenvalue weighted by Gasteiger charge is -2.40. The molecule has 6 atom stereocenters. The van der Waals surface area contributed by atoms with Gasteiger partial charge in [0, 0.05) is 5.56 Å². The predicted octanol–water partition coefficient (Wildman–Crippen LogP) is 1.94. The van der Waals surface area contributed by atoms with Gasteiger partial charge in [-0.3, -0.25) is 0 Å². The van der Waals surface area contributed by atoms with Crippen LogP contribution in [0, 0.1) is 0 Å². The number of rotatable bonds is 4. The molecule has 0 spiro atoms. The molecule has 2 heterocycles. The number of benzene rings is 2. The van der Waals surface area contributed by atoms with Crippen LogP contribution >= 0.6 is 11.8 Å². The quantitative estimate of drug-likeness (QED) is 0.602. The first-order valence-electron chi connectivity index (χ1n) is 9.81. The van der Waals surface area contributed by atoms with Crippen LogP contribution in [-0.4, -0.2) is 57.4 Å². The maximum absolute atomic E-state index is 10.5. The maximum atomic E-state index is 10.5. The molecule has 1 fully saturated rings. The highest BCUT2D eigenvalue weighted by Gasteiger charge is 2.44. The maximum Gasteiger partial charge on any atom is 0.135 e. The van der Waals surface area contributed by atoms with E-state index >= 15 is 0 Å². The van der Waals surface area contributed by atoms with E-state index in [1.165, 1.54) is 11.1 Å². The Kier molecular flexibility index (Phi) is 6.15. The van der Waals surface area contributed by atoms with Crippen molar-refractivity contribution >= 4 is 11.8 Å². The summed E-state index contributed by atoms with van der Waals surface area (Å²) < 4.78 is 11.5. The molecule has 7 heteroatoms. The molecule has 2 aromatic carbocycles. The van der Waals surface area contributed by atoms with Crippen molar-refractivity contribution in [3.05, 3.63) is 64.7 Å². The van der Waals surface area contributed by atoms with Crippen LogP contribution in [0.2, 0.25) is 0 Å². The summed E-state index contributed by atoms with van der Waals surface area (Å²) in [5.41, 5.74) is 4.09. The molecule has 29 heavy (non-hydrogen) atoms. The standard InChI is InChI=1S/C22H26O6S/c1-2-12-3-5-13(6-4-12)22-15-9-14(7-8-16(15)27-11-29-22)21-20(26)19(25)18(24)17(10-23)28-21/h3-9,17-26H,2,10-11H2,1H3. The van der Waals surface area contributed by atoms with Crippen LogP contribution in [0.4, 0.5) is 0 Å². The second kappa shape index (κ2) is 8.63. The van der Waals surface area contributed by atoms with Crippen LogP contribution in [0.3, 0.4) is 0 Å². The number of hydrogen-bond donors (Lipinski definition) is 4. The summed E-state index contributed by atoms with van der Waals surface area (Å²) in [5, 5.41) is 40.2. The third-order valence-corrected chi connectivity index (χ3v) is 6.79. The topological polar surface area (TPSA) is 99.4 Å². The normalized spacial score (nSPS) is 31.8. The number of aryl methyl sites for hydroxylation is 1.